The molecule has 100 valence electrons. The van der Waals surface area contributed by atoms with Crippen molar-refractivity contribution in [2.45, 2.75) is 19.4 Å². The number of nitrogens with one attached hydrogen (secondary N) is 1. The Morgan fingerprint density at radius 3 is 2.74 bits per heavy atom. The summed E-state index contributed by atoms with van der Waals surface area (Å²) in [7, 11) is 0. The number of primary amides is 1. The molecule has 0 fully saturated rings. The van der Waals surface area contributed by atoms with Crippen molar-refractivity contribution >= 4 is 22.9 Å². The first-order valence-electron chi connectivity index (χ1n) is 5.74. The number of carbonyl (C=O) groups is 2. The van der Waals surface area contributed by atoms with Crippen LogP contribution in [0.2, 0.25) is 0 Å². The van der Waals surface area contributed by atoms with Crippen molar-refractivity contribution in [2.75, 3.05) is 0 Å². The van der Waals surface area contributed by atoms with Crippen molar-refractivity contribution < 1.29 is 14.7 Å². The second kappa shape index (κ2) is 4.97. The van der Waals surface area contributed by atoms with Gasteiger partial charge in [-0.2, -0.15) is 0 Å². The van der Waals surface area contributed by atoms with Gasteiger partial charge in [-0.15, -0.1) is 0 Å². The Labute approximate surface area is 107 Å². The first-order valence-corrected chi connectivity index (χ1v) is 5.74. The van der Waals surface area contributed by atoms with E-state index in [-0.39, 0.29) is 18.5 Å². The fourth-order valence-corrected chi connectivity index (χ4v) is 2.02. The molecule has 0 saturated heterocycles. The van der Waals surface area contributed by atoms with E-state index in [0.29, 0.717) is 17.5 Å². The van der Waals surface area contributed by atoms with Crippen LogP contribution in [0.1, 0.15) is 23.2 Å². The molecule has 4 N–H and O–H groups in total. The van der Waals surface area contributed by atoms with Gasteiger partial charge in [-0.05, 0) is 18.6 Å². The Kier molecular flexibility index (Phi) is 3.37. The summed E-state index contributed by atoms with van der Waals surface area (Å²) in [6, 6.07) is 4.63. The van der Waals surface area contributed by atoms with Gasteiger partial charge in [0.05, 0.1) is 16.6 Å². The Morgan fingerprint density at radius 2 is 2.11 bits per heavy atom. The molecule has 1 aromatic carbocycles. The topological polar surface area (TPSA) is 118 Å². The summed E-state index contributed by atoms with van der Waals surface area (Å²) < 4.78 is 1.32. The molecular weight excluding hydrogens is 250 g/mol. The Morgan fingerprint density at radius 1 is 1.37 bits per heavy atom. The van der Waals surface area contributed by atoms with Crippen LogP contribution in [0.5, 0.6) is 0 Å². The number of aromatic nitrogens is 2. The number of aryl methyl sites for hydroxylation is 1. The number of aromatic amines is 1. The summed E-state index contributed by atoms with van der Waals surface area (Å²) in [5, 5.41) is 9.13. The molecule has 19 heavy (non-hydrogen) atoms. The van der Waals surface area contributed by atoms with Crippen LogP contribution >= 0.6 is 0 Å². The molecule has 7 heteroatoms. The van der Waals surface area contributed by atoms with Crippen LogP contribution in [0.15, 0.2) is 23.0 Å². The molecule has 1 heterocycles. The molecule has 1 amide bonds. The molecule has 7 nitrogen and oxygen atoms in total. The molecule has 0 aliphatic heterocycles. The minimum atomic E-state index is -1.10. The van der Waals surface area contributed by atoms with E-state index in [2.05, 4.69) is 4.98 Å². The minimum absolute atomic E-state index is 0.0509. The normalized spacial score (nSPS) is 10.7. The summed E-state index contributed by atoms with van der Waals surface area (Å²) in [5.41, 5.74) is 5.49. The van der Waals surface area contributed by atoms with Gasteiger partial charge in [-0.1, -0.05) is 6.07 Å². The Bertz CT molecular complexity index is 699. The number of carbonyl (C=O) groups excluding carboxylic acids is 1. The van der Waals surface area contributed by atoms with E-state index in [4.69, 9.17) is 10.8 Å². The lowest BCUT2D eigenvalue weighted by molar-refractivity contribution is -0.118. The number of H-pyrrole nitrogens is 1. The number of carboxylic acids is 1. The highest BCUT2D eigenvalue weighted by atomic mass is 16.4. The van der Waals surface area contributed by atoms with Crippen molar-refractivity contribution in [3.8, 4) is 0 Å². The maximum Gasteiger partial charge on any atom is 0.337 e. The van der Waals surface area contributed by atoms with Gasteiger partial charge in [-0.3, -0.25) is 9.36 Å². The maximum absolute atomic E-state index is 11.8. The molecular formula is C12H13N3O4. The van der Waals surface area contributed by atoms with Crippen molar-refractivity contribution in [3.05, 3.63) is 34.2 Å². The van der Waals surface area contributed by atoms with Gasteiger partial charge in [0, 0.05) is 13.0 Å². The average molecular weight is 263 g/mol. The van der Waals surface area contributed by atoms with E-state index in [1.54, 1.807) is 12.1 Å². The number of rotatable bonds is 5. The van der Waals surface area contributed by atoms with E-state index in [0.717, 1.165) is 0 Å². The van der Waals surface area contributed by atoms with Crippen LogP contribution in [0.25, 0.3) is 11.0 Å². The van der Waals surface area contributed by atoms with Gasteiger partial charge in [-0.25, -0.2) is 9.59 Å². The van der Waals surface area contributed by atoms with Gasteiger partial charge >= 0.3 is 11.7 Å². The molecule has 2 rings (SSSR count). The quantitative estimate of drug-likeness (QED) is 0.718. The molecule has 0 radical (unpaired) electrons. The van der Waals surface area contributed by atoms with E-state index >= 15 is 0 Å². The van der Waals surface area contributed by atoms with Gasteiger partial charge in [0.25, 0.3) is 0 Å². The van der Waals surface area contributed by atoms with Crippen LogP contribution in [-0.2, 0) is 11.3 Å². The van der Waals surface area contributed by atoms with Crippen LogP contribution in [0, 0.1) is 0 Å². The zero-order valence-corrected chi connectivity index (χ0v) is 10.0. The zero-order chi connectivity index (χ0) is 14.0. The number of nitrogens with zero attached hydrogens (tertiary/aromatic N) is 1. The lowest BCUT2D eigenvalue weighted by Crippen LogP contribution is -2.19. The standard InChI is InChI=1S/C12H13N3O4/c13-9(16)5-2-6-15-10-7(11(17)18)3-1-4-8(10)14-12(15)19/h1,3-4H,2,5-6H2,(H2,13,16)(H,14,19)(H,17,18). The van der Waals surface area contributed by atoms with Crippen LogP contribution < -0.4 is 11.4 Å². The molecule has 0 aliphatic carbocycles. The average Bonchev–Trinajstić information content (AvgIpc) is 2.65. The minimum Gasteiger partial charge on any atom is -0.478 e. The van der Waals surface area contributed by atoms with Gasteiger partial charge < -0.3 is 15.8 Å². The van der Waals surface area contributed by atoms with Crippen LogP contribution in [-0.4, -0.2) is 26.5 Å². The van der Waals surface area contributed by atoms with Gasteiger partial charge in [0.15, 0.2) is 0 Å². The largest absolute Gasteiger partial charge is 0.478 e. The third-order valence-corrected chi connectivity index (χ3v) is 2.83. The number of carboxylic acid groups (broad SMARTS) is 1. The number of imidazole rings is 1. The lowest BCUT2D eigenvalue weighted by atomic mass is 10.2. The van der Waals surface area contributed by atoms with Crippen molar-refractivity contribution in [1.29, 1.82) is 0 Å². The van der Waals surface area contributed by atoms with Gasteiger partial charge in [0.2, 0.25) is 5.91 Å². The van der Waals surface area contributed by atoms with Crippen LogP contribution in [0.3, 0.4) is 0 Å². The molecule has 0 unspecified atom stereocenters. The molecule has 0 aliphatic rings. The number of fused-ring (bicyclic) bond motifs is 1. The molecule has 0 atom stereocenters. The first-order chi connectivity index (χ1) is 9.00. The number of hydrogen-bond donors (Lipinski definition) is 3. The van der Waals surface area contributed by atoms with E-state index < -0.39 is 17.6 Å². The number of amides is 1. The number of para-hydroxylation sites is 1. The smallest absolute Gasteiger partial charge is 0.337 e. The van der Waals surface area contributed by atoms with E-state index in [1.807, 2.05) is 0 Å². The Hall–Kier alpha value is -2.57. The molecule has 0 spiro atoms. The van der Waals surface area contributed by atoms with Gasteiger partial charge in [0.1, 0.15) is 0 Å². The monoisotopic (exact) mass is 263 g/mol. The first kappa shape index (κ1) is 12.9. The van der Waals surface area contributed by atoms with E-state index in [1.165, 1.54) is 10.6 Å². The predicted molar refractivity (Wildman–Crippen MR) is 67.9 cm³/mol. The van der Waals surface area contributed by atoms with E-state index in [9.17, 15) is 14.4 Å². The van der Waals surface area contributed by atoms with Crippen molar-refractivity contribution in [2.24, 2.45) is 5.73 Å². The summed E-state index contributed by atoms with van der Waals surface area (Å²) in [5.74, 6) is -1.56. The Balaban J connectivity index is 2.47. The van der Waals surface area contributed by atoms with Crippen molar-refractivity contribution in [1.82, 2.24) is 9.55 Å². The highest BCUT2D eigenvalue weighted by Crippen LogP contribution is 2.16. The summed E-state index contributed by atoms with van der Waals surface area (Å²) in [6.45, 7) is 0.242. The molecule has 0 bridgehead atoms. The van der Waals surface area contributed by atoms with Crippen molar-refractivity contribution in [3.63, 3.8) is 0 Å². The second-order valence-electron chi connectivity index (χ2n) is 4.16. The fraction of sp³-hybridized carbons (Fsp3) is 0.250. The SMILES string of the molecule is NC(=O)CCCn1c(=O)[nH]c2cccc(C(=O)O)c21. The second-order valence-corrected chi connectivity index (χ2v) is 4.16. The highest BCUT2D eigenvalue weighted by molar-refractivity contribution is 6.01. The van der Waals surface area contributed by atoms with Crippen LogP contribution in [0.4, 0.5) is 0 Å². The predicted octanol–water partition coefficient (Wildman–Crippen LogP) is 0.293. The third-order valence-electron chi connectivity index (χ3n) is 2.83. The number of hydrogen-bond acceptors (Lipinski definition) is 3. The maximum atomic E-state index is 11.8. The number of nitrogens with two attached hydrogens (primary N) is 1. The zero-order valence-electron chi connectivity index (χ0n) is 10.0. The number of benzene rings is 1. The lowest BCUT2D eigenvalue weighted by Gasteiger charge is -2.04. The molecule has 1 aromatic heterocycles. The molecule has 0 saturated carbocycles. The number of aromatic carboxylic acids is 1. The fourth-order valence-electron chi connectivity index (χ4n) is 2.02. The molecule has 2 aromatic rings. The summed E-state index contributed by atoms with van der Waals surface area (Å²) in [4.78, 5) is 36.2. The highest BCUT2D eigenvalue weighted by Gasteiger charge is 2.15. The summed E-state index contributed by atoms with van der Waals surface area (Å²) in [6.07, 6.45) is 0.532. The summed E-state index contributed by atoms with van der Waals surface area (Å²) >= 11 is 0. The third kappa shape index (κ3) is 2.49.